The van der Waals surface area contributed by atoms with E-state index in [1.165, 1.54) is 0 Å². The first-order valence-corrected chi connectivity index (χ1v) is 6.19. The topological polar surface area (TPSA) is 74.6 Å². The van der Waals surface area contributed by atoms with Crippen molar-refractivity contribution < 1.29 is 19.4 Å². The maximum absolute atomic E-state index is 11.1. The summed E-state index contributed by atoms with van der Waals surface area (Å²) in [6.45, 7) is 6.88. The number of rotatable bonds is 6. The Morgan fingerprint density at radius 1 is 1.62 bits per heavy atom. The SMILES string of the molecule is [CH]CP(=O)(O)CC(CCC)C(=O)O. The Labute approximate surface area is 78.4 Å². The lowest BCUT2D eigenvalue weighted by Gasteiger charge is -2.14. The minimum atomic E-state index is -3.42. The van der Waals surface area contributed by atoms with Crippen LogP contribution in [0.2, 0.25) is 0 Å². The zero-order valence-electron chi connectivity index (χ0n) is 7.64. The average molecular weight is 206 g/mol. The highest BCUT2D eigenvalue weighted by Crippen LogP contribution is 2.42. The molecule has 76 valence electrons. The molecule has 0 rings (SSSR count). The van der Waals surface area contributed by atoms with Crippen molar-refractivity contribution in [3.63, 3.8) is 0 Å². The fourth-order valence-corrected chi connectivity index (χ4v) is 2.24. The fraction of sp³-hybridized carbons (Fsp3) is 0.750. The standard InChI is InChI=1S/C8H15O4P/c1-3-5-7(8(9)10)6-13(11,12)4-2/h2,7H,3-6H2,1H3,(H,9,10)(H,11,12). The van der Waals surface area contributed by atoms with Crippen LogP contribution in [0.25, 0.3) is 0 Å². The summed E-state index contributed by atoms with van der Waals surface area (Å²) in [4.78, 5) is 19.7. The van der Waals surface area contributed by atoms with Gasteiger partial charge in [-0.3, -0.25) is 9.36 Å². The predicted octanol–water partition coefficient (Wildman–Crippen LogP) is 1.47. The number of carbonyl (C=O) groups is 1. The smallest absolute Gasteiger partial charge is 0.307 e. The molecule has 0 spiro atoms. The van der Waals surface area contributed by atoms with Gasteiger partial charge in [0.2, 0.25) is 7.37 Å². The summed E-state index contributed by atoms with van der Waals surface area (Å²) in [5, 5.41) is 8.69. The van der Waals surface area contributed by atoms with Crippen molar-refractivity contribution in [1.29, 1.82) is 0 Å². The Hall–Kier alpha value is -0.340. The van der Waals surface area contributed by atoms with Gasteiger partial charge in [-0.25, -0.2) is 0 Å². The lowest BCUT2D eigenvalue weighted by atomic mass is 10.1. The van der Waals surface area contributed by atoms with Gasteiger partial charge in [-0.2, -0.15) is 0 Å². The second-order valence-electron chi connectivity index (χ2n) is 3.04. The van der Waals surface area contributed by atoms with Crippen molar-refractivity contribution in [3.05, 3.63) is 6.92 Å². The van der Waals surface area contributed by atoms with Crippen LogP contribution >= 0.6 is 7.37 Å². The van der Waals surface area contributed by atoms with Crippen molar-refractivity contribution >= 4 is 13.3 Å². The highest BCUT2D eigenvalue weighted by atomic mass is 31.2. The van der Waals surface area contributed by atoms with E-state index in [2.05, 4.69) is 0 Å². The molecule has 0 bridgehead atoms. The van der Waals surface area contributed by atoms with Crippen molar-refractivity contribution in [1.82, 2.24) is 0 Å². The second kappa shape index (κ2) is 5.40. The molecular weight excluding hydrogens is 191 g/mol. The normalized spacial score (nSPS) is 17.8. The van der Waals surface area contributed by atoms with E-state index in [-0.39, 0.29) is 12.3 Å². The Morgan fingerprint density at radius 2 is 2.15 bits per heavy atom. The molecule has 2 unspecified atom stereocenters. The third-order valence-electron chi connectivity index (χ3n) is 1.78. The van der Waals surface area contributed by atoms with E-state index in [1.807, 2.05) is 6.92 Å². The molecule has 0 aromatic carbocycles. The molecule has 13 heavy (non-hydrogen) atoms. The summed E-state index contributed by atoms with van der Waals surface area (Å²) in [7, 11) is -3.42. The summed E-state index contributed by atoms with van der Waals surface area (Å²) in [6, 6.07) is 0. The molecule has 0 aliphatic heterocycles. The number of carboxylic acid groups (broad SMARTS) is 1. The maximum atomic E-state index is 11.1. The molecular formula is C8H15O4P. The third-order valence-corrected chi connectivity index (χ3v) is 3.36. The van der Waals surface area contributed by atoms with E-state index in [9.17, 15) is 9.36 Å². The van der Waals surface area contributed by atoms with Crippen molar-refractivity contribution in [2.24, 2.45) is 5.92 Å². The molecule has 0 fully saturated rings. The molecule has 0 amide bonds. The predicted molar refractivity (Wildman–Crippen MR) is 49.9 cm³/mol. The molecule has 0 aromatic heterocycles. The highest BCUT2D eigenvalue weighted by molar-refractivity contribution is 7.58. The zero-order valence-corrected chi connectivity index (χ0v) is 8.54. The number of aliphatic carboxylic acids is 1. The highest BCUT2D eigenvalue weighted by Gasteiger charge is 2.26. The summed E-state index contributed by atoms with van der Waals surface area (Å²) in [5.41, 5.74) is 0. The van der Waals surface area contributed by atoms with Gasteiger partial charge in [-0.05, 0) is 13.3 Å². The second-order valence-corrected chi connectivity index (χ2v) is 5.46. The van der Waals surface area contributed by atoms with Gasteiger partial charge < -0.3 is 10.00 Å². The van der Waals surface area contributed by atoms with Crippen LogP contribution in [-0.4, -0.2) is 28.3 Å². The van der Waals surface area contributed by atoms with Crippen molar-refractivity contribution in [2.45, 2.75) is 19.8 Å². The van der Waals surface area contributed by atoms with E-state index in [4.69, 9.17) is 16.9 Å². The van der Waals surface area contributed by atoms with Crippen LogP contribution in [0.3, 0.4) is 0 Å². The van der Waals surface area contributed by atoms with Crippen LogP contribution in [0.5, 0.6) is 0 Å². The monoisotopic (exact) mass is 206 g/mol. The molecule has 4 nitrogen and oxygen atoms in total. The Kier molecular flexibility index (Phi) is 5.26. The fourth-order valence-electron chi connectivity index (χ4n) is 1.06. The van der Waals surface area contributed by atoms with Gasteiger partial charge in [0.1, 0.15) is 0 Å². The lowest BCUT2D eigenvalue weighted by Crippen LogP contribution is -2.18. The summed E-state index contributed by atoms with van der Waals surface area (Å²) < 4.78 is 11.1. The van der Waals surface area contributed by atoms with E-state index < -0.39 is 19.3 Å². The van der Waals surface area contributed by atoms with Gasteiger partial charge in [0, 0.05) is 12.3 Å². The molecule has 0 saturated heterocycles. The Morgan fingerprint density at radius 3 is 2.46 bits per heavy atom. The van der Waals surface area contributed by atoms with Gasteiger partial charge in [0.15, 0.2) is 0 Å². The van der Waals surface area contributed by atoms with Crippen molar-refractivity contribution in [3.8, 4) is 0 Å². The van der Waals surface area contributed by atoms with Gasteiger partial charge >= 0.3 is 5.97 Å². The summed E-state index contributed by atoms with van der Waals surface area (Å²) >= 11 is 0. The maximum Gasteiger partial charge on any atom is 0.307 e. The Bertz CT molecular complexity index is 214. The third kappa shape index (κ3) is 5.06. The molecule has 2 N–H and O–H groups in total. The van der Waals surface area contributed by atoms with Gasteiger partial charge in [-0.15, -0.1) is 0 Å². The van der Waals surface area contributed by atoms with E-state index >= 15 is 0 Å². The van der Waals surface area contributed by atoms with E-state index in [0.717, 1.165) is 0 Å². The number of hydrogen-bond donors (Lipinski definition) is 2. The number of hydrogen-bond acceptors (Lipinski definition) is 2. The first-order valence-electron chi connectivity index (χ1n) is 4.16. The van der Waals surface area contributed by atoms with Gasteiger partial charge in [-0.1, -0.05) is 13.3 Å². The van der Waals surface area contributed by atoms with Crippen LogP contribution in [0, 0.1) is 12.8 Å². The zero-order chi connectivity index (χ0) is 10.5. The number of carboxylic acids is 1. The van der Waals surface area contributed by atoms with Crippen LogP contribution in [0.15, 0.2) is 0 Å². The quantitative estimate of drug-likeness (QED) is 0.645. The largest absolute Gasteiger partial charge is 0.481 e. The molecule has 0 heterocycles. The molecule has 5 heteroatoms. The first-order chi connectivity index (χ1) is 5.93. The van der Waals surface area contributed by atoms with Crippen LogP contribution in [0.4, 0.5) is 0 Å². The first kappa shape index (κ1) is 12.7. The van der Waals surface area contributed by atoms with Gasteiger partial charge in [0.05, 0.1) is 5.92 Å². The van der Waals surface area contributed by atoms with Gasteiger partial charge in [0.25, 0.3) is 0 Å². The van der Waals surface area contributed by atoms with E-state index in [0.29, 0.717) is 12.8 Å². The lowest BCUT2D eigenvalue weighted by molar-refractivity contribution is -0.141. The molecule has 0 aromatic rings. The minimum Gasteiger partial charge on any atom is -0.481 e. The van der Waals surface area contributed by atoms with Crippen molar-refractivity contribution in [2.75, 3.05) is 12.3 Å². The molecule has 0 aliphatic rings. The molecule has 2 atom stereocenters. The summed E-state index contributed by atoms with van der Waals surface area (Å²) in [6.07, 6.45) is 0.536. The van der Waals surface area contributed by atoms with E-state index in [1.54, 1.807) is 0 Å². The molecule has 2 radical (unpaired) electrons. The molecule has 0 saturated carbocycles. The Balaban J connectivity index is 4.25. The minimum absolute atomic E-state index is 0.216. The summed E-state index contributed by atoms with van der Waals surface area (Å²) in [5.74, 6) is -1.77. The van der Waals surface area contributed by atoms with Crippen LogP contribution in [-0.2, 0) is 9.36 Å². The molecule has 0 aliphatic carbocycles. The van der Waals surface area contributed by atoms with Crippen LogP contribution < -0.4 is 0 Å². The van der Waals surface area contributed by atoms with Crippen LogP contribution in [0.1, 0.15) is 19.8 Å². The average Bonchev–Trinajstić information content (AvgIpc) is 2.03.